The van der Waals surface area contributed by atoms with Crippen LogP contribution in [0.2, 0.25) is 0 Å². The van der Waals surface area contributed by atoms with Crippen molar-refractivity contribution in [3.05, 3.63) is 0 Å². The number of rotatable bonds is 0. The molecule has 1 heterocycles. The first-order valence-electron chi connectivity index (χ1n) is 4.52. The van der Waals surface area contributed by atoms with Gasteiger partial charge in [0.05, 0.1) is 6.10 Å². The molecule has 0 bridgehead atoms. The minimum atomic E-state index is 0.709. The molecule has 3 fully saturated rings. The van der Waals surface area contributed by atoms with Crippen LogP contribution in [-0.2, 0) is 4.74 Å². The van der Waals surface area contributed by atoms with Crippen LogP contribution in [0.5, 0.6) is 0 Å². The molecule has 0 amide bonds. The van der Waals surface area contributed by atoms with Crippen LogP contribution in [0, 0.1) is 11.3 Å². The maximum absolute atomic E-state index is 5.71. The van der Waals surface area contributed by atoms with E-state index in [1.54, 1.807) is 0 Å². The summed E-state index contributed by atoms with van der Waals surface area (Å²) in [6.45, 7) is 1.05. The lowest BCUT2D eigenvalue weighted by Crippen LogP contribution is -2.54. The lowest BCUT2D eigenvalue weighted by Gasteiger charge is -2.57. The summed E-state index contributed by atoms with van der Waals surface area (Å²) in [5.74, 6) is 0.972. The molecule has 2 aliphatic carbocycles. The van der Waals surface area contributed by atoms with E-state index in [-0.39, 0.29) is 0 Å². The Morgan fingerprint density at radius 1 is 1.30 bits per heavy atom. The van der Waals surface area contributed by atoms with E-state index in [1.807, 2.05) is 0 Å². The van der Waals surface area contributed by atoms with E-state index in [9.17, 15) is 0 Å². The highest BCUT2D eigenvalue weighted by Crippen LogP contribution is 2.62. The van der Waals surface area contributed by atoms with Gasteiger partial charge in [-0.2, -0.15) is 0 Å². The van der Waals surface area contributed by atoms with Crippen molar-refractivity contribution in [2.75, 3.05) is 6.61 Å². The third kappa shape index (κ3) is 0.460. The standard InChI is InChI=1S/C9H14O/c1-3-9(4-1)6-7-2-5-10-8(7)9/h7-8H,1-6H2. The van der Waals surface area contributed by atoms with Crippen LogP contribution >= 0.6 is 0 Å². The normalized spacial score (nSPS) is 48.0. The van der Waals surface area contributed by atoms with Gasteiger partial charge in [0.25, 0.3) is 0 Å². The zero-order chi connectivity index (χ0) is 6.60. The fraction of sp³-hybridized carbons (Fsp3) is 1.00. The van der Waals surface area contributed by atoms with E-state index in [2.05, 4.69) is 0 Å². The minimum absolute atomic E-state index is 0.709. The van der Waals surface area contributed by atoms with Crippen molar-refractivity contribution < 1.29 is 4.74 Å². The van der Waals surface area contributed by atoms with Crippen LogP contribution in [0.15, 0.2) is 0 Å². The predicted molar refractivity (Wildman–Crippen MR) is 38.7 cm³/mol. The largest absolute Gasteiger partial charge is 0.377 e. The number of ether oxygens (including phenoxy) is 1. The second-order valence-corrected chi connectivity index (χ2v) is 4.26. The molecule has 56 valence electrons. The first-order valence-corrected chi connectivity index (χ1v) is 4.52. The Kier molecular flexibility index (Phi) is 0.883. The van der Waals surface area contributed by atoms with Gasteiger partial charge in [-0.05, 0) is 37.0 Å². The second-order valence-electron chi connectivity index (χ2n) is 4.26. The van der Waals surface area contributed by atoms with Gasteiger partial charge in [-0.25, -0.2) is 0 Å². The van der Waals surface area contributed by atoms with Crippen molar-refractivity contribution in [1.82, 2.24) is 0 Å². The Morgan fingerprint density at radius 3 is 2.80 bits per heavy atom. The molecule has 0 N–H and O–H groups in total. The molecule has 0 aromatic heterocycles. The molecule has 2 unspecified atom stereocenters. The molecule has 2 atom stereocenters. The van der Waals surface area contributed by atoms with Crippen LogP contribution in [-0.4, -0.2) is 12.7 Å². The van der Waals surface area contributed by atoms with E-state index < -0.39 is 0 Å². The van der Waals surface area contributed by atoms with Crippen LogP contribution in [0.3, 0.4) is 0 Å². The second kappa shape index (κ2) is 1.58. The van der Waals surface area contributed by atoms with E-state index in [0.717, 1.165) is 17.9 Å². The number of fused-ring (bicyclic) bond motifs is 2. The number of hydrogen-bond donors (Lipinski definition) is 0. The molecule has 1 nitrogen and oxygen atoms in total. The monoisotopic (exact) mass is 138 g/mol. The van der Waals surface area contributed by atoms with Crippen molar-refractivity contribution in [3.8, 4) is 0 Å². The summed E-state index contributed by atoms with van der Waals surface area (Å²) >= 11 is 0. The van der Waals surface area contributed by atoms with Gasteiger partial charge in [0, 0.05) is 6.61 Å². The van der Waals surface area contributed by atoms with Crippen molar-refractivity contribution in [3.63, 3.8) is 0 Å². The van der Waals surface area contributed by atoms with E-state index in [1.165, 1.54) is 32.1 Å². The molecule has 10 heavy (non-hydrogen) atoms. The Hall–Kier alpha value is -0.0400. The Morgan fingerprint density at radius 2 is 2.20 bits per heavy atom. The molecule has 1 heteroatoms. The molecule has 1 aliphatic heterocycles. The van der Waals surface area contributed by atoms with Gasteiger partial charge in [0.15, 0.2) is 0 Å². The molecule has 2 saturated carbocycles. The van der Waals surface area contributed by atoms with Crippen molar-refractivity contribution >= 4 is 0 Å². The summed E-state index contributed by atoms with van der Waals surface area (Å²) in [5, 5.41) is 0. The minimum Gasteiger partial charge on any atom is -0.377 e. The lowest BCUT2D eigenvalue weighted by molar-refractivity contribution is -0.147. The summed E-state index contributed by atoms with van der Waals surface area (Å²) in [5.41, 5.74) is 0.723. The van der Waals surface area contributed by atoms with Crippen molar-refractivity contribution in [2.45, 2.75) is 38.2 Å². The lowest BCUT2D eigenvalue weighted by atomic mass is 9.50. The summed E-state index contributed by atoms with van der Waals surface area (Å²) in [6.07, 6.45) is 7.96. The maximum Gasteiger partial charge on any atom is 0.0660 e. The van der Waals surface area contributed by atoms with Gasteiger partial charge in [0.1, 0.15) is 0 Å². The van der Waals surface area contributed by atoms with Crippen molar-refractivity contribution in [2.24, 2.45) is 11.3 Å². The molecular weight excluding hydrogens is 124 g/mol. The van der Waals surface area contributed by atoms with Gasteiger partial charge in [0.2, 0.25) is 0 Å². The van der Waals surface area contributed by atoms with Crippen LogP contribution in [0.4, 0.5) is 0 Å². The molecule has 3 rings (SSSR count). The molecular formula is C9H14O. The summed E-state index contributed by atoms with van der Waals surface area (Å²) < 4.78 is 5.71. The molecule has 0 aromatic carbocycles. The fourth-order valence-electron chi connectivity index (χ4n) is 3.12. The Bertz CT molecular complexity index is 160. The van der Waals surface area contributed by atoms with E-state index in [4.69, 9.17) is 4.74 Å². The zero-order valence-corrected chi connectivity index (χ0v) is 6.31. The Labute approximate surface area is 61.8 Å². The summed E-state index contributed by atoms with van der Waals surface area (Å²) in [6, 6.07) is 0. The predicted octanol–water partition coefficient (Wildman–Crippen LogP) is 1.97. The first-order chi connectivity index (χ1) is 4.91. The van der Waals surface area contributed by atoms with Crippen LogP contribution < -0.4 is 0 Å². The van der Waals surface area contributed by atoms with E-state index >= 15 is 0 Å². The van der Waals surface area contributed by atoms with Crippen molar-refractivity contribution in [1.29, 1.82) is 0 Å². The highest BCUT2D eigenvalue weighted by molar-refractivity contribution is 5.08. The third-order valence-electron chi connectivity index (χ3n) is 3.84. The highest BCUT2D eigenvalue weighted by atomic mass is 16.5. The average Bonchev–Trinajstić information content (AvgIpc) is 2.09. The van der Waals surface area contributed by atoms with Gasteiger partial charge in [-0.1, -0.05) is 6.42 Å². The molecule has 0 aromatic rings. The third-order valence-corrected chi connectivity index (χ3v) is 3.84. The smallest absolute Gasteiger partial charge is 0.0660 e. The van der Waals surface area contributed by atoms with Gasteiger partial charge < -0.3 is 4.74 Å². The summed E-state index contributed by atoms with van der Waals surface area (Å²) in [4.78, 5) is 0. The average molecular weight is 138 g/mol. The zero-order valence-electron chi connectivity index (χ0n) is 6.31. The number of hydrogen-bond acceptors (Lipinski definition) is 1. The molecule has 0 radical (unpaired) electrons. The van der Waals surface area contributed by atoms with Crippen LogP contribution in [0.1, 0.15) is 32.1 Å². The maximum atomic E-state index is 5.71. The molecule has 1 saturated heterocycles. The van der Waals surface area contributed by atoms with E-state index in [0.29, 0.717) is 6.10 Å². The first kappa shape index (κ1) is 5.59. The topological polar surface area (TPSA) is 9.23 Å². The van der Waals surface area contributed by atoms with Crippen LogP contribution in [0.25, 0.3) is 0 Å². The van der Waals surface area contributed by atoms with Gasteiger partial charge in [-0.15, -0.1) is 0 Å². The van der Waals surface area contributed by atoms with Gasteiger partial charge >= 0.3 is 0 Å². The highest BCUT2D eigenvalue weighted by Gasteiger charge is 2.59. The fourth-order valence-corrected chi connectivity index (χ4v) is 3.12. The summed E-state index contributed by atoms with van der Waals surface area (Å²) in [7, 11) is 0. The molecule has 1 spiro atoms. The quantitative estimate of drug-likeness (QED) is 0.497. The van der Waals surface area contributed by atoms with Gasteiger partial charge in [-0.3, -0.25) is 0 Å². The molecule has 3 aliphatic rings. The Balaban J connectivity index is 1.81. The SMILES string of the molecule is C1CC2(C1)CC1CCOC12.